The molecule has 1 N–H and O–H groups in total. The van der Waals surface area contributed by atoms with Crippen LogP contribution >= 0.6 is 0 Å². The Morgan fingerprint density at radius 1 is 1.16 bits per heavy atom. The minimum Gasteiger partial charge on any atom is -0.381 e. The number of nitrogens with one attached hydrogen (secondary N) is 1. The van der Waals surface area contributed by atoms with E-state index in [0.717, 1.165) is 54.5 Å². The smallest absolute Gasteiger partial charge is 0.259 e. The van der Waals surface area contributed by atoms with Crippen LogP contribution in [-0.4, -0.2) is 79.1 Å². The number of benzene rings is 1. The quantitative estimate of drug-likeness (QED) is 0.437. The summed E-state index contributed by atoms with van der Waals surface area (Å²) in [5.74, 6) is 0.0333. The van der Waals surface area contributed by atoms with Crippen molar-refractivity contribution < 1.29 is 9.53 Å². The number of piperazine rings is 1. The van der Waals surface area contributed by atoms with Crippen LogP contribution in [-0.2, 0) is 17.8 Å². The summed E-state index contributed by atoms with van der Waals surface area (Å²) in [4.78, 5) is 34.1. The molecule has 0 spiro atoms. The maximum atomic E-state index is 13.8. The van der Waals surface area contributed by atoms with E-state index in [1.54, 1.807) is 6.20 Å². The van der Waals surface area contributed by atoms with Crippen molar-refractivity contribution in [1.82, 2.24) is 34.3 Å². The van der Waals surface area contributed by atoms with Crippen molar-refractivity contribution in [3.63, 3.8) is 0 Å². The number of carbonyl (C=O) groups is 1. The topological polar surface area (TPSA) is 101 Å². The van der Waals surface area contributed by atoms with E-state index < -0.39 is 0 Å². The summed E-state index contributed by atoms with van der Waals surface area (Å²) in [5.41, 5.74) is 4.11. The summed E-state index contributed by atoms with van der Waals surface area (Å²) < 4.78 is 9.54. The monoisotopic (exact) mass is 517 g/mol. The zero-order valence-corrected chi connectivity index (χ0v) is 22.3. The van der Waals surface area contributed by atoms with Gasteiger partial charge in [0.05, 0.1) is 34.4 Å². The average molecular weight is 518 g/mol. The Morgan fingerprint density at radius 3 is 2.74 bits per heavy atom. The third kappa shape index (κ3) is 4.31. The van der Waals surface area contributed by atoms with Gasteiger partial charge in [-0.2, -0.15) is 10.2 Å². The minimum absolute atomic E-state index is 0.0333. The molecule has 6 rings (SSSR count). The van der Waals surface area contributed by atoms with Gasteiger partial charge < -0.3 is 14.6 Å². The Labute approximate surface area is 221 Å². The second-order valence-corrected chi connectivity index (χ2v) is 10.6. The molecule has 0 radical (unpaired) electrons. The van der Waals surface area contributed by atoms with E-state index in [0.29, 0.717) is 37.3 Å². The number of fused-ring (bicyclic) bond motifs is 3. The van der Waals surface area contributed by atoms with Crippen LogP contribution in [0.15, 0.2) is 35.4 Å². The van der Waals surface area contributed by atoms with E-state index in [1.165, 1.54) is 5.69 Å². The van der Waals surface area contributed by atoms with Crippen LogP contribution in [0.2, 0.25) is 0 Å². The van der Waals surface area contributed by atoms with Gasteiger partial charge in [-0.15, -0.1) is 0 Å². The number of hydrogen-bond acceptors (Lipinski definition) is 6. The SMILES string of the molecule is CCn1nccc1CN1CCN(C(=O)c2cc3c(cc2C)[nH]c(=O)c2cnn(C4CCOCC4)c23)CC1C. The van der Waals surface area contributed by atoms with Crippen molar-refractivity contribution in [2.45, 2.75) is 58.8 Å². The lowest BCUT2D eigenvalue weighted by molar-refractivity contribution is 0.0488. The zero-order chi connectivity index (χ0) is 26.4. The molecule has 2 saturated heterocycles. The molecular formula is C28H35N7O3. The van der Waals surface area contributed by atoms with Gasteiger partial charge in [0.25, 0.3) is 11.5 Å². The fraction of sp³-hybridized carbons (Fsp3) is 0.500. The van der Waals surface area contributed by atoms with E-state index >= 15 is 0 Å². The molecule has 2 aliphatic heterocycles. The molecule has 38 heavy (non-hydrogen) atoms. The van der Waals surface area contributed by atoms with Gasteiger partial charge in [0, 0.05) is 69.1 Å². The number of rotatable bonds is 5. The second-order valence-electron chi connectivity index (χ2n) is 10.6. The summed E-state index contributed by atoms with van der Waals surface area (Å²) in [7, 11) is 0. The largest absolute Gasteiger partial charge is 0.381 e. The highest BCUT2D eigenvalue weighted by atomic mass is 16.5. The number of aryl methyl sites for hydroxylation is 2. The lowest BCUT2D eigenvalue weighted by Gasteiger charge is -2.40. The van der Waals surface area contributed by atoms with Crippen LogP contribution in [0.25, 0.3) is 21.8 Å². The molecule has 2 aliphatic rings. The van der Waals surface area contributed by atoms with Gasteiger partial charge in [-0.1, -0.05) is 0 Å². The number of aromatic nitrogens is 5. The van der Waals surface area contributed by atoms with E-state index in [4.69, 9.17) is 4.74 Å². The molecule has 0 bridgehead atoms. The average Bonchev–Trinajstić information content (AvgIpc) is 3.57. The zero-order valence-electron chi connectivity index (χ0n) is 22.3. The molecule has 3 aromatic heterocycles. The highest BCUT2D eigenvalue weighted by Crippen LogP contribution is 2.30. The standard InChI is InChI=1S/C28H35N7O3/c1-4-34-21(5-8-29-34)17-32-9-10-33(16-19(32)3)28(37)22-14-23-25(13-18(22)2)31-27(36)24-15-30-35(26(23)24)20-6-11-38-12-7-20/h5,8,13-15,19-20H,4,6-7,9-12,16-17H2,1-3H3,(H,31,36). The normalized spacial score (nSPS) is 19.6. The fourth-order valence-corrected chi connectivity index (χ4v) is 6.00. The summed E-state index contributed by atoms with van der Waals surface area (Å²) in [5, 5.41) is 10.4. The summed E-state index contributed by atoms with van der Waals surface area (Å²) in [6.45, 7) is 11.4. The summed E-state index contributed by atoms with van der Waals surface area (Å²) in [6, 6.07) is 6.36. The maximum Gasteiger partial charge on any atom is 0.259 e. The van der Waals surface area contributed by atoms with Gasteiger partial charge in [0.2, 0.25) is 0 Å². The number of aromatic amines is 1. The van der Waals surface area contributed by atoms with Gasteiger partial charge in [-0.3, -0.25) is 23.9 Å². The van der Waals surface area contributed by atoms with Crippen LogP contribution in [0, 0.1) is 6.92 Å². The molecule has 4 aromatic rings. The van der Waals surface area contributed by atoms with Crippen molar-refractivity contribution in [3.05, 3.63) is 57.8 Å². The Morgan fingerprint density at radius 2 is 1.97 bits per heavy atom. The molecule has 1 aromatic carbocycles. The fourth-order valence-electron chi connectivity index (χ4n) is 6.00. The van der Waals surface area contributed by atoms with Gasteiger partial charge in [-0.25, -0.2) is 0 Å². The third-order valence-corrected chi connectivity index (χ3v) is 8.20. The van der Waals surface area contributed by atoms with Crippen LogP contribution in [0.4, 0.5) is 0 Å². The molecular weight excluding hydrogens is 482 g/mol. The molecule has 200 valence electrons. The number of pyridine rings is 1. The lowest BCUT2D eigenvalue weighted by Crippen LogP contribution is -2.53. The number of ether oxygens (including phenoxy) is 1. The van der Waals surface area contributed by atoms with E-state index in [-0.39, 0.29) is 23.6 Å². The lowest BCUT2D eigenvalue weighted by atomic mass is 10.0. The molecule has 2 fully saturated rings. The van der Waals surface area contributed by atoms with E-state index in [9.17, 15) is 9.59 Å². The Balaban J connectivity index is 1.30. The number of H-pyrrole nitrogens is 1. The Kier molecular flexibility index (Phi) is 6.53. The Hall–Kier alpha value is -3.50. The second kappa shape index (κ2) is 9.99. The van der Waals surface area contributed by atoms with Crippen LogP contribution in [0.3, 0.4) is 0 Å². The van der Waals surface area contributed by atoms with Crippen LogP contribution in [0.5, 0.6) is 0 Å². The first-order valence-corrected chi connectivity index (χ1v) is 13.6. The van der Waals surface area contributed by atoms with Crippen molar-refractivity contribution in [3.8, 4) is 0 Å². The van der Waals surface area contributed by atoms with Crippen LogP contribution in [0.1, 0.15) is 54.3 Å². The molecule has 0 aliphatic carbocycles. The van der Waals surface area contributed by atoms with Gasteiger partial charge in [0.1, 0.15) is 0 Å². The molecule has 5 heterocycles. The molecule has 10 nitrogen and oxygen atoms in total. The minimum atomic E-state index is -0.154. The van der Waals surface area contributed by atoms with Gasteiger partial charge in [0.15, 0.2) is 0 Å². The predicted molar refractivity (Wildman–Crippen MR) is 145 cm³/mol. The molecule has 0 saturated carbocycles. The van der Waals surface area contributed by atoms with Crippen molar-refractivity contribution in [2.75, 3.05) is 32.8 Å². The highest BCUT2D eigenvalue weighted by molar-refractivity contribution is 6.07. The van der Waals surface area contributed by atoms with E-state index in [2.05, 4.69) is 40.0 Å². The number of amides is 1. The first kappa shape index (κ1) is 24.8. The first-order chi connectivity index (χ1) is 18.4. The van der Waals surface area contributed by atoms with Crippen molar-refractivity contribution >= 4 is 27.7 Å². The maximum absolute atomic E-state index is 13.8. The molecule has 1 amide bonds. The third-order valence-electron chi connectivity index (χ3n) is 8.20. The van der Waals surface area contributed by atoms with Gasteiger partial charge >= 0.3 is 0 Å². The Bertz CT molecular complexity index is 1550. The highest BCUT2D eigenvalue weighted by Gasteiger charge is 2.29. The molecule has 1 unspecified atom stereocenters. The summed E-state index contributed by atoms with van der Waals surface area (Å²) in [6.07, 6.45) is 5.20. The van der Waals surface area contributed by atoms with Gasteiger partial charge in [-0.05, 0) is 57.4 Å². The van der Waals surface area contributed by atoms with Crippen LogP contribution < -0.4 is 5.56 Å². The summed E-state index contributed by atoms with van der Waals surface area (Å²) >= 11 is 0. The first-order valence-electron chi connectivity index (χ1n) is 13.6. The molecule has 10 heteroatoms. The molecule has 1 atom stereocenters. The van der Waals surface area contributed by atoms with Crippen molar-refractivity contribution in [2.24, 2.45) is 0 Å². The predicted octanol–water partition coefficient (Wildman–Crippen LogP) is 3.10. The van der Waals surface area contributed by atoms with E-state index in [1.807, 2.05) is 39.5 Å². The number of nitrogens with zero attached hydrogens (tertiary/aromatic N) is 6. The van der Waals surface area contributed by atoms with Crippen molar-refractivity contribution in [1.29, 1.82) is 0 Å². The number of hydrogen-bond donors (Lipinski definition) is 1. The number of carbonyl (C=O) groups excluding carboxylic acids is 1.